The van der Waals surface area contributed by atoms with Crippen LogP contribution in [0.3, 0.4) is 0 Å². The Hall–Kier alpha value is 0.950. The molecule has 0 radical (unpaired) electrons. The van der Waals surface area contributed by atoms with E-state index in [9.17, 15) is 0 Å². The van der Waals surface area contributed by atoms with Crippen molar-refractivity contribution in [1.29, 1.82) is 0 Å². The third kappa shape index (κ3) is 10.9. The Labute approximate surface area is 79.4 Å². The number of hydrogen-bond donors (Lipinski definition) is 0. The van der Waals surface area contributed by atoms with Crippen molar-refractivity contribution in [2.24, 2.45) is 0 Å². The Morgan fingerprint density at radius 3 is 2.64 bits per heavy atom. The van der Waals surface area contributed by atoms with E-state index in [1.54, 1.807) is 0 Å². The van der Waals surface area contributed by atoms with Crippen molar-refractivity contribution in [3.05, 3.63) is 12.2 Å². The molecule has 66 valence electrons. The normalized spacial score (nSPS) is 10.5. The van der Waals surface area contributed by atoms with Crippen molar-refractivity contribution in [2.75, 3.05) is 11.5 Å². The first-order chi connectivity index (χ1) is 5.13. The molecule has 11 heavy (non-hydrogen) atoms. The molecule has 2 atom stereocenters. The largest absolute Gasteiger partial charge is 0.158 e. The van der Waals surface area contributed by atoms with Gasteiger partial charge in [0.25, 0.3) is 0 Å². The highest BCUT2D eigenvalue weighted by atomic mass is 32.2. The summed E-state index contributed by atoms with van der Waals surface area (Å²) in [7, 11) is 5.60. The van der Waals surface area contributed by atoms with Crippen LogP contribution >= 0.6 is 30.2 Å². The van der Waals surface area contributed by atoms with E-state index in [-0.39, 0.29) is 0 Å². The molecule has 0 fully saturated rings. The smallest absolute Gasteiger partial charge is 0.0137 e. The van der Waals surface area contributed by atoms with Crippen LogP contribution in [0.4, 0.5) is 0 Å². The molecule has 0 spiro atoms. The van der Waals surface area contributed by atoms with Gasteiger partial charge in [-0.25, -0.2) is 0 Å². The predicted octanol–water partition coefficient (Wildman–Crippen LogP) is 3.15. The summed E-state index contributed by atoms with van der Waals surface area (Å²) in [5.74, 6) is 2.39. The van der Waals surface area contributed by atoms with E-state index in [0.29, 0.717) is 5.40 Å². The molecule has 2 unspecified atom stereocenters. The zero-order valence-electron chi connectivity index (χ0n) is 7.18. The molecule has 0 saturated heterocycles. The van der Waals surface area contributed by atoms with Crippen molar-refractivity contribution in [3.63, 3.8) is 0 Å². The van der Waals surface area contributed by atoms with Gasteiger partial charge >= 0.3 is 0 Å². The fraction of sp³-hybridized carbons (Fsp3) is 0.750. The summed E-state index contributed by atoms with van der Waals surface area (Å²) in [4.78, 5) is 0. The molecule has 0 aromatic carbocycles. The molecule has 0 aliphatic rings. The summed E-state index contributed by atoms with van der Waals surface area (Å²) in [6.07, 6.45) is 2.61. The molecule has 3 heteroatoms. The highest BCUT2D eigenvalue weighted by molar-refractivity contribution is 7.99. The van der Waals surface area contributed by atoms with Crippen LogP contribution in [0, 0.1) is 0 Å². The predicted molar refractivity (Wildman–Crippen MR) is 64.6 cm³/mol. The Morgan fingerprint density at radius 1 is 1.55 bits per heavy atom. The topological polar surface area (TPSA) is 0 Å². The van der Waals surface area contributed by atoms with Crippen LogP contribution < -0.4 is 0 Å². The Bertz CT molecular complexity index is 113. The van der Waals surface area contributed by atoms with Crippen molar-refractivity contribution >= 4 is 30.2 Å². The van der Waals surface area contributed by atoms with Gasteiger partial charge in [-0.3, -0.25) is 0 Å². The first kappa shape index (κ1) is 11.9. The average molecular weight is 208 g/mol. The number of thioether (sulfide) groups is 1. The molecule has 0 rings (SSSR count). The van der Waals surface area contributed by atoms with E-state index in [1.165, 1.54) is 24.2 Å². The van der Waals surface area contributed by atoms with Crippen LogP contribution in [0.15, 0.2) is 12.2 Å². The van der Waals surface area contributed by atoms with Gasteiger partial charge in [0, 0.05) is 5.75 Å². The highest BCUT2D eigenvalue weighted by Crippen LogP contribution is 2.17. The van der Waals surface area contributed by atoms with Gasteiger partial charge in [0.1, 0.15) is 0 Å². The summed E-state index contributed by atoms with van der Waals surface area (Å²) in [5, 5.41) is 0.695. The zero-order valence-corrected chi connectivity index (χ0v) is 10.3. The van der Waals surface area contributed by atoms with Crippen LogP contribution in [0.5, 0.6) is 0 Å². The van der Waals surface area contributed by atoms with E-state index < -0.39 is 0 Å². The van der Waals surface area contributed by atoms with E-state index in [4.69, 9.17) is 0 Å². The van der Waals surface area contributed by atoms with Crippen molar-refractivity contribution in [1.82, 2.24) is 0 Å². The standard InChI is InChI=1S/C8H18P2S/c1-7(2)6-11-5-3-4-8(9)10/h8H,1,3-6,9-10H2,2H3. The summed E-state index contributed by atoms with van der Waals surface area (Å²) >= 11 is 1.99. The van der Waals surface area contributed by atoms with E-state index in [2.05, 4.69) is 32.0 Å². The van der Waals surface area contributed by atoms with Crippen molar-refractivity contribution in [2.45, 2.75) is 25.2 Å². The van der Waals surface area contributed by atoms with Gasteiger partial charge in [-0.1, -0.05) is 12.2 Å². The van der Waals surface area contributed by atoms with Crippen LogP contribution in [0.2, 0.25) is 0 Å². The number of hydrogen-bond acceptors (Lipinski definition) is 1. The SMILES string of the molecule is C=C(C)CSCCCC(P)P. The fourth-order valence-corrected chi connectivity index (χ4v) is 2.00. The van der Waals surface area contributed by atoms with Crippen molar-refractivity contribution in [3.8, 4) is 0 Å². The molecule has 0 aromatic rings. The molecule has 0 bridgehead atoms. The third-order valence-corrected chi connectivity index (χ3v) is 3.12. The van der Waals surface area contributed by atoms with Gasteiger partial charge in [0.2, 0.25) is 0 Å². The molecule has 0 nitrogen and oxygen atoms in total. The highest BCUT2D eigenvalue weighted by Gasteiger charge is 1.94. The second-order valence-electron chi connectivity index (χ2n) is 2.82. The van der Waals surface area contributed by atoms with Crippen LogP contribution in [-0.2, 0) is 0 Å². The van der Waals surface area contributed by atoms with E-state index in [0.717, 1.165) is 5.75 Å². The maximum Gasteiger partial charge on any atom is 0.0137 e. The maximum absolute atomic E-state index is 3.86. The Balaban J connectivity index is 2.97. The molecule has 0 N–H and O–H groups in total. The second-order valence-corrected chi connectivity index (χ2v) is 6.40. The van der Waals surface area contributed by atoms with Crippen LogP contribution in [-0.4, -0.2) is 16.9 Å². The monoisotopic (exact) mass is 208 g/mol. The minimum absolute atomic E-state index is 0.695. The fourth-order valence-electron chi connectivity index (χ4n) is 0.667. The third-order valence-electron chi connectivity index (χ3n) is 1.17. The van der Waals surface area contributed by atoms with Gasteiger partial charge in [0.15, 0.2) is 0 Å². The molecule has 0 amide bonds. The summed E-state index contributed by atoms with van der Waals surface area (Å²) < 4.78 is 0. The van der Waals surface area contributed by atoms with Gasteiger partial charge in [-0.15, -0.1) is 18.5 Å². The lowest BCUT2D eigenvalue weighted by Crippen LogP contribution is -1.89. The molecule has 0 saturated carbocycles. The van der Waals surface area contributed by atoms with Gasteiger partial charge in [-0.2, -0.15) is 11.8 Å². The first-order valence-electron chi connectivity index (χ1n) is 3.86. The van der Waals surface area contributed by atoms with Gasteiger partial charge < -0.3 is 0 Å². The molecular weight excluding hydrogens is 190 g/mol. The molecule has 0 aliphatic carbocycles. The van der Waals surface area contributed by atoms with Gasteiger partial charge in [-0.05, 0) is 30.9 Å². The minimum atomic E-state index is 0.695. The second kappa shape index (κ2) is 7.59. The Kier molecular flexibility index (Phi) is 8.25. The average Bonchev–Trinajstić information content (AvgIpc) is 1.85. The molecule has 0 heterocycles. The van der Waals surface area contributed by atoms with E-state index >= 15 is 0 Å². The van der Waals surface area contributed by atoms with E-state index in [1.807, 2.05) is 11.8 Å². The summed E-state index contributed by atoms with van der Waals surface area (Å²) in [6, 6.07) is 0. The van der Waals surface area contributed by atoms with Gasteiger partial charge in [0.05, 0.1) is 0 Å². The lowest BCUT2D eigenvalue weighted by Gasteiger charge is -2.03. The Morgan fingerprint density at radius 2 is 2.18 bits per heavy atom. The quantitative estimate of drug-likeness (QED) is 0.367. The maximum atomic E-state index is 3.86. The summed E-state index contributed by atoms with van der Waals surface area (Å²) in [6.45, 7) is 5.94. The molecular formula is C8H18P2S. The minimum Gasteiger partial charge on any atom is -0.158 e. The van der Waals surface area contributed by atoms with Crippen molar-refractivity contribution < 1.29 is 0 Å². The summed E-state index contributed by atoms with van der Waals surface area (Å²) in [5.41, 5.74) is 1.28. The molecule has 0 aromatic heterocycles. The molecule has 0 aliphatic heterocycles. The lowest BCUT2D eigenvalue weighted by molar-refractivity contribution is 0.881. The lowest BCUT2D eigenvalue weighted by atomic mass is 10.4. The van der Waals surface area contributed by atoms with Crippen LogP contribution in [0.1, 0.15) is 19.8 Å². The van der Waals surface area contributed by atoms with Crippen LogP contribution in [0.25, 0.3) is 0 Å². The first-order valence-corrected chi connectivity index (χ1v) is 6.35. The zero-order chi connectivity index (χ0) is 8.69. The number of rotatable bonds is 6.